The number of carbonyl (C=O) groups excluding carboxylic acids is 1. The Bertz CT molecular complexity index is 904. The molecule has 1 amide bonds. The maximum atomic E-state index is 12.6. The lowest BCUT2D eigenvalue weighted by atomic mass is 10.1. The van der Waals surface area contributed by atoms with Crippen molar-refractivity contribution in [3.05, 3.63) is 59.1 Å². The van der Waals surface area contributed by atoms with Gasteiger partial charge in [-0.15, -0.1) is 0 Å². The first kappa shape index (κ1) is 22.0. The fraction of sp³-hybridized carbons (Fsp3) is 0.350. The average Bonchev–Trinajstić information content (AvgIpc) is 2.65. The SMILES string of the molecule is COc1ccc(Cl)cc1N([C@@H](C)C(=O)NCCCc1ccccc1)S(C)(=O)=O. The van der Waals surface area contributed by atoms with Crippen molar-refractivity contribution in [1.82, 2.24) is 5.32 Å². The van der Waals surface area contributed by atoms with E-state index in [0.717, 1.165) is 23.4 Å². The number of anilines is 1. The topological polar surface area (TPSA) is 75.7 Å². The lowest BCUT2D eigenvalue weighted by Gasteiger charge is -2.29. The Hall–Kier alpha value is -2.25. The van der Waals surface area contributed by atoms with Gasteiger partial charge in [-0.05, 0) is 43.5 Å². The van der Waals surface area contributed by atoms with Gasteiger partial charge in [0.25, 0.3) is 0 Å². The van der Waals surface area contributed by atoms with E-state index in [4.69, 9.17) is 16.3 Å². The van der Waals surface area contributed by atoms with E-state index < -0.39 is 16.1 Å². The maximum absolute atomic E-state index is 12.6. The van der Waals surface area contributed by atoms with Crippen molar-refractivity contribution in [3.8, 4) is 5.75 Å². The Labute approximate surface area is 171 Å². The zero-order valence-electron chi connectivity index (χ0n) is 16.2. The normalized spacial score (nSPS) is 12.3. The molecule has 152 valence electrons. The van der Waals surface area contributed by atoms with Crippen LogP contribution in [-0.4, -0.2) is 40.3 Å². The van der Waals surface area contributed by atoms with Gasteiger partial charge in [0.15, 0.2) is 0 Å². The molecule has 0 unspecified atom stereocenters. The molecular weight excluding hydrogens is 400 g/mol. The predicted octanol–water partition coefficient (Wildman–Crippen LogP) is 3.25. The van der Waals surface area contributed by atoms with Gasteiger partial charge in [-0.1, -0.05) is 41.9 Å². The van der Waals surface area contributed by atoms with Crippen LogP contribution in [0.1, 0.15) is 18.9 Å². The zero-order valence-corrected chi connectivity index (χ0v) is 17.8. The Morgan fingerprint density at radius 1 is 1.21 bits per heavy atom. The molecule has 0 radical (unpaired) electrons. The third-order valence-electron chi connectivity index (χ3n) is 4.25. The van der Waals surface area contributed by atoms with Gasteiger partial charge in [-0.25, -0.2) is 8.42 Å². The van der Waals surface area contributed by atoms with Crippen LogP contribution in [0.15, 0.2) is 48.5 Å². The fourth-order valence-electron chi connectivity index (χ4n) is 2.91. The molecule has 0 heterocycles. The van der Waals surface area contributed by atoms with Gasteiger partial charge >= 0.3 is 0 Å². The molecule has 0 aromatic heterocycles. The molecule has 0 fully saturated rings. The molecule has 0 spiro atoms. The Morgan fingerprint density at radius 3 is 2.50 bits per heavy atom. The second kappa shape index (κ2) is 9.80. The number of hydrogen-bond donors (Lipinski definition) is 1. The van der Waals surface area contributed by atoms with Crippen LogP contribution in [0, 0.1) is 0 Å². The van der Waals surface area contributed by atoms with E-state index in [1.54, 1.807) is 12.1 Å². The number of nitrogens with zero attached hydrogens (tertiary/aromatic N) is 1. The van der Waals surface area contributed by atoms with Crippen LogP contribution in [0.4, 0.5) is 5.69 Å². The van der Waals surface area contributed by atoms with Crippen LogP contribution in [0.25, 0.3) is 0 Å². The summed E-state index contributed by atoms with van der Waals surface area (Å²) in [6.07, 6.45) is 2.63. The van der Waals surface area contributed by atoms with Gasteiger partial charge in [-0.3, -0.25) is 9.10 Å². The number of aryl methyl sites for hydroxylation is 1. The van der Waals surface area contributed by atoms with E-state index in [0.29, 0.717) is 17.3 Å². The van der Waals surface area contributed by atoms with Crippen molar-refractivity contribution in [2.24, 2.45) is 0 Å². The molecule has 0 aliphatic rings. The molecule has 0 bridgehead atoms. The molecule has 0 saturated carbocycles. The van der Waals surface area contributed by atoms with Gasteiger partial charge in [-0.2, -0.15) is 0 Å². The summed E-state index contributed by atoms with van der Waals surface area (Å²) >= 11 is 6.04. The van der Waals surface area contributed by atoms with E-state index in [2.05, 4.69) is 5.32 Å². The molecule has 2 rings (SSSR count). The van der Waals surface area contributed by atoms with E-state index in [1.165, 1.54) is 25.7 Å². The summed E-state index contributed by atoms with van der Waals surface area (Å²) in [7, 11) is -2.32. The van der Waals surface area contributed by atoms with Gasteiger partial charge in [0.1, 0.15) is 11.8 Å². The molecule has 8 heteroatoms. The van der Waals surface area contributed by atoms with Crippen molar-refractivity contribution in [2.75, 3.05) is 24.2 Å². The molecule has 1 N–H and O–H groups in total. The first-order chi connectivity index (χ1) is 13.2. The minimum Gasteiger partial charge on any atom is -0.495 e. The van der Waals surface area contributed by atoms with Crippen molar-refractivity contribution >= 4 is 33.2 Å². The molecule has 28 heavy (non-hydrogen) atoms. The summed E-state index contributed by atoms with van der Waals surface area (Å²) in [6, 6.07) is 13.6. The predicted molar refractivity (Wildman–Crippen MR) is 113 cm³/mol. The van der Waals surface area contributed by atoms with Crippen LogP contribution >= 0.6 is 11.6 Å². The zero-order chi connectivity index (χ0) is 20.7. The van der Waals surface area contributed by atoms with Gasteiger partial charge < -0.3 is 10.1 Å². The number of carbonyl (C=O) groups is 1. The number of nitrogens with one attached hydrogen (secondary N) is 1. The highest BCUT2D eigenvalue weighted by Gasteiger charge is 2.31. The number of methoxy groups -OCH3 is 1. The Kier molecular flexibility index (Phi) is 7.71. The van der Waals surface area contributed by atoms with E-state index >= 15 is 0 Å². The molecule has 6 nitrogen and oxygen atoms in total. The first-order valence-electron chi connectivity index (χ1n) is 8.88. The molecule has 0 aliphatic carbocycles. The van der Waals surface area contributed by atoms with Crippen molar-refractivity contribution in [3.63, 3.8) is 0 Å². The molecule has 1 atom stereocenters. The molecule has 0 saturated heterocycles. The number of sulfonamides is 1. The first-order valence-corrected chi connectivity index (χ1v) is 11.1. The third kappa shape index (κ3) is 5.87. The van der Waals surface area contributed by atoms with Gasteiger partial charge in [0.2, 0.25) is 15.9 Å². The van der Waals surface area contributed by atoms with Crippen LogP contribution in [0.3, 0.4) is 0 Å². The summed E-state index contributed by atoms with van der Waals surface area (Å²) in [5.74, 6) is -0.0703. The number of halogens is 1. The van der Waals surface area contributed by atoms with Gasteiger partial charge in [0.05, 0.1) is 19.1 Å². The van der Waals surface area contributed by atoms with Crippen molar-refractivity contribution < 1.29 is 17.9 Å². The largest absolute Gasteiger partial charge is 0.495 e. The van der Waals surface area contributed by atoms with E-state index in [9.17, 15) is 13.2 Å². The standard InChI is InChI=1S/C20H25ClN2O4S/c1-15(20(24)22-13-7-10-16-8-5-4-6-9-16)23(28(3,25)26)18-14-17(21)11-12-19(18)27-2/h4-6,8-9,11-12,14-15H,7,10,13H2,1-3H3,(H,22,24)/t15-/m0/s1. The monoisotopic (exact) mass is 424 g/mol. The minimum atomic E-state index is -3.75. The highest BCUT2D eigenvalue weighted by atomic mass is 35.5. The number of amides is 1. The lowest BCUT2D eigenvalue weighted by Crippen LogP contribution is -2.48. The summed E-state index contributed by atoms with van der Waals surface area (Å²) in [5, 5.41) is 3.16. The van der Waals surface area contributed by atoms with Crippen LogP contribution < -0.4 is 14.4 Å². The smallest absolute Gasteiger partial charge is 0.243 e. The summed E-state index contributed by atoms with van der Waals surface area (Å²) in [5.41, 5.74) is 1.41. The molecule has 0 aliphatic heterocycles. The third-order valence-corrected chi connectivity index (χ3v) is 5.71. The summed E-state index contributed by atoms with van der Waals surface area (Å²) in [6.45, 7) is 1.98. The second-order valence-corrected chi connectivity index (χ2v) is 8.73. The Balaban J connectivity index is 2.09. The van der Waals surface area contributed by atoms with Crippen LogP contribution in [0.5, 0.6) is 5.75 Å². The number of rotatable bonds is 9. The summed E-state index contributed by atoms with van der Waals surface area (Å²) < 4.78 is 31.1. The minimum absolute atomic E-state index is 0.226. The van der Waals surface area contributed by atoms with Crippen molar-refractivity contribution in [2.45, 2.75) is 25.8 Å². The van der Waals surface area contributed by atoms with E-state index in [1.807, 2.05) is 30.3 Å². The average molecular weight is 425 g/mol. The van der Waals surface area contributed by atoms with E-state index in [-0.39, 0.29) is 11.6 Å². The van der Waals surface area contributed by atoms with Crippen LogP contribution in [0.2, 0.25) is 5.02 Å². The number of benzene rings is 2. The van der Waals surface area contributed by atoms with Crippen molar-refractivity contribution in [1.29, 1.82) is 0 Å². The molecule has 2 aromatic rings. The van der Waals surface area contributed by atoms with Gasteiger partial charge in [0, 0.05) is 11.6 Å². The quantitative estimate of drug-likeness (QED) is 0.627. The second-order valence-electron chi connectivity index (χ2n) is 6.43. The highest BCUT2D eigenvalue weighted by Crippen LogP contribution is 2.34. The molecular formula is C20H25ClN2O4S. The summed E-state index contributed by atoms with van der Waals surface area (Å²) in [4.78, 5) is 12.6. The Morgan fingerprint density at radius 2 is 1.89 bits per heavy atom. The van der Waals surface area contributed by atoms with Crippen LogP contribution in [-0.2, 0) is 21.2 Å². The number of ether oxygens (including phenoxy) is 1. The lowest BCUT2D eigenvalue weighted by molar-refractivity contribution is -0.121. The number of hydrogen-bond acceptors (Lipinski definition) is 4. The highest BCUT2D eigenvalue weighted by molar-refractivity contribution is 7.92. The maximum Gasteiger partial charge on any atom is 0.243 e. The fourth-order valence-corrected chi connectivity index (χ4v) is 4.25. The molecule has 2 aromatic carbocycles.